The minimum absolute atomic E-state index is 0.0951. The van der Waals surface area contributed by atoms with Crippen LogP contribution in [-0.2, 0) is 6.42 Å². The summed E-state index contributed by atoms with van der Waals surface area (Å²) >= 11 is 5.89. The summed E-state index contributed by atoms with van der Waals surface area (Å²) in [6.07, 6.45) is 0.820. The van der Waals surface area contributed by atoms with E-state index < -0.39 is 5.97 Å². The molecule has 0 unspecified atom stereocenters. The van der Waals surface area contributed by atoms with Crippen LogP contribution < -0.4 is 0 Å². The normalized spacial score (nSPS) is 10.5. The van der Waals surface area contributed by atoms with Crippen LogP contribution in [0.4, 0.5) is 0 Å². The van der Waals surface area contributed by atoms with E-state index in [9.17, 15) is 4.79 Å². The minimum Gasteiger partial charge on any atom is -0.478 e. The highest BCUT2D eigenvalue weighted by atomic mass is 35.5. The highest BCUT2D eigenvalue weighted by Crippen LogP contribution is 2.27. The summed E-state index contributed by atoms with van der Waals surface area (Å²) in [5.74, 6) is 0.550. The van der Waals surface area contributed by atoms with Gasteiger partial charge in [-0.15, -0.1) is 0 Å². The van der Waals surface area contributed by atoms with E-state index in [1.807, 2.05) is 19.1 Å². The van der Waals surface area contributed by atoms with Crippen molar-refractivity contribution in [3.05, 3.63) is 46.7 Å². The second-order valence-corrected chi connectivity index (χ2v) is 4.03. The molecular formula is C13H11ClO3. The Hall–Kier alpha value is -1.74. The zero-order valence-corrected chi connectivity index (χ0v) is 9.99. The Balaban J connectivity index is 2.40. The number of benzene rings is 1. The molecule has 1 N–H and O–H groups in total. The Morgan fingerprint density at radius 2 is 2.12 bits per heavy atom. The molecule has 1 aromatic heterocycles. The third-order valence-corrected chi connectivity index (χ3v) is 2.81. The lowest BCUT2D eigenvalue weighted by Crippen LogP contribution is -1.96. The van der Waals surface area contributed by atoms with Gasteiger partial charge >= 0.3 is 5.97 Å². The van der Waals surface area contributed by atoms with Gasteiger partial charge in [0.1, 0.15) is 11.5 Å². The first kappa shape index (κ1) is 11.7. The average Bonchev–Trinajstić information content (AvgIpc) is 2.76. The van der Waals surface area contributed by atoms with Gasteiger partial charge in [-0.1, -0.05) is 24.6 Å². The molecule has 88 valence electrons. The maximum Gasteiger partial charge on any atom is 0.337 e. The van der Waals surface area contributed by atoms with E-state index >= 15 is 0 Å². The summed E-state index contributed by atoms with van der Waals surface area (Å²) in [6.45, 7) is 2.00. The predicted octanol–water partition coefficient (Wildman–Crippen LogP) is 3.86. The molecule has 0 aliphatic carbocycles. The molecule has 0 aliphatic heterocycles. The topological polar surface area (TPSA) is 50.4 Å². The maximum absolute atomic E-state index is 10.8. The van der Waals surface area contributed by atoms with Crippen LogP contribution in [0.2, 0.25) is 5.02 Å². The molecule has 0 amide bonds. The monoisotopic (exact) mass is 250 g/mol. The fourth-order valence-electron chi connectivity index (χ4n) is 1.56. The number of carboxylic acid groups (broad SMARTS) is 1. The number of rotatable bonds is 3. The summed E-state index contributed by atoms with van der Waals surface area (Å²) in [7, 11) is 0. The Bertz CT molecular complexity index is 558. The van der Waals surface area contributed by atoms with Crippen molar-refractivity contribution in [2.24, 2.45) is 0 Å². The highest BCUT2D eigenvalue weighted by Gasteiger charge is 2.11. The number of hydrogen-bond donors (Lipinski definition) is 1. The van der Waals surface area contributed by atoms with Crippen molar-refractivity contribution >= 4 is 17.6 Å². The number of aryl methyl sites for hydroxylation is 1. The van der Waals surface area contributed by atoms with Gasteiger partial charge in [0.15, 0.2) is 0 Å². The quantitative estimate of drug-likeness (QED) is 0.900. The van der Waals surface area contributed by atoms with E-state index in [1.165, 1.54) is 6.07 Å². The van der Waals surface area contributed by atoms with Crippen molar-refractivity contribution in [2.45, 2.75) is 13.3 Å². The molecule has 17 heavy (non-hydrogen) atoms. The largest absolute Gasteiger partial charge is 0.478 e. The molecule has 0 spiro atoms. The standard InChI is InChI=1S/C13H11ClO3/c1-2-9-4-6-12(17-9)8-3-5-10(13(15)16)11(14)7-8/h3-7H,2H2,1H3,(H,15,16). The molecule has 0 saturated carbocycles. The lowest BCUT2D eigenvalue weighted by molar-refractivity contribution is 0.0697. The molecule has 1 aromatic carbocycles. The minimum atomic E-state index is -1.03. The second-order valence-electron chi connectivity index (χ2n) is 3.62. The first-order valence-electron chi connectivity index (χ1n) is 5.23. The molecule has 3 nitrogen and oxygen atoms in total. The molecule has 0 fully saturated rings. The molecular weight excluding hydrogens is 240 g/mol. The summed E-state index contributed by atoms with van der Waals surface area (Å²) < 4.78 is 5.57. The van der Waals surface area contributed by atoms with Crippen molar-refractivity contribution in [3.8, 4) is 11.3 Å². The lowest BCUT2D eigenvalue weighted by Gasteiger charge is -2.01. The molecule has 0 radical (unpaired) electrons. The van der Waals surface area contributed by atoms with Crippen LogP contribution in [0.25, 0.3) is 11.3 Å². The fourth-order valence-corrected chi connectivity index (χ4v) is 1.83. The number of carboxylic acids is 1. The van der Waals surface area contributed by atoms with Gasteiger partial charge in [-0.25, -0.2) is 4.79 Å². The Morgan fingerprint density at radius 3 is 2.65 bits per heavy atom. The first-order chi connectivity index (χ1) is 8.11. The van der Waals surface area contributed by atoms with Crippen molar-refractivity contribution in [2.75, 3.05) is 0 Å². The number of furan rings is 1. The number of hydrogen-bond acceptors (Lipinski definition) is 2. The second kappa shape index (κ2) is 4.63. The van der Waals surface area contributed by atoms with Crippen LogP contribution in [-0.4, -0.2) is 11.1 Å². The van der Waals surface area contributed by atoms with E-state index in [4.69, 9.17) is 21.1 Å². The predicted molar refractivity (Wildman–Crippen MR) is 65.5 cm³/mol. The SMILES string of the molecule is CCc1ccc(-c2ccc(C(=O)O)c(Cl)c2)o1. The van der Waals surface area contributed by atoms with Gasteiger partial charge in [0, 0.05) is 12.0 Å². The summed E-state index contributed by atoms with van der Waals surface area (Å²) in [4.78, 5) is 10.8. The van der Waals surface area contributed by atoms with Crippen LogP contribution in [0.3, 0.4) is 0 Å². The van der Waals surface area contributed by atoms with E-state index in [2.05, 4.69) is 0 Å². The molecule has 0 atom stereocenters. The van der Waals surface area contributed by atoms with Gasteiger partial charge in [-0.2, -0.15) is 0 Å². The maximum atomic E-state index is 10.8. The van der Waals surface area contributed by atoms with Crippen LogP contribution >= 0.6 is 11.6 Å². The lowest BCUT2D eigenvalue weighted by atomic mass is 10.1. The van der Waals surface area contributed by atoms with Gasteiger partial charge < -0.3 is 9.52 Å². The van der Waals surface area contributed by atoms with Crippen molar-refractivity contribution in [1.29, 1.82) is 0 Å². The van der Waals surface area contributed by atoms with Gasteiger partial charge in [-0.3, -0.25) is 0 Å². The number of halogens is 1. The van der Waals surface area contributed by atoms with E-state index in [0.29, 0.717) is 5.76 Å². The molecule has 4 heteroatoms. The third kappa shape index (κ3) is 2.34. The zero-order valence-electron chi connectivity index (χ0n) is 9.24. The summed E-state index contributed by atoms with van der Waals surface area (Å²) in [5.41, 5.74) is 0.873. The first-order valence-corrected chi connectivity index (χ1v) is 5.61. The van der Waals surface area contributed by atoms with Gasteiger partial charge in [0.25, 0.3) is 0 Å². The van der Waals surface area contributed by atoms with Crippen LogP contribution in [0.15, 0.2) is 34.7 Å². The smallest absolute Gasteiger partial charge is 0.337 e. The Kier molecular flexibility index (Phi) is 3.20. The summed E-state index contributed by atoms with van der Waals surface area (Å²) in [5, 5.41) is 9.07. The van der Waals surface area contributed by atoms with Crippen molar-refractivity contribution in [3.63, 3.8) is 0 Å². The highest BCUT2D eigenvalue weighted by molar-refractivity contribution is 6.33. The number of carbonyl (C=O) groups is 1. The van der Waals surface area contributed by atoms with Gasteiger partial charge in [0.2, 0.25) is 0 Å². The van der Waals surface area contributed by atoms with E-state index in [-0.39, 0.29) is 10.6 Å². The molecule has 0 aliphatic rings. The van der Waals surface area contributed by atoms with Gasteiger partial charge in [0.05, 0.1) is 10.6 Å². The van der Waals surface area contributed by atoms with Crippen LogP contribution in [0.5, 0.6) is 0 Å². The Labute approximate surface area is 104 Å². The van der Waals surface area contributed by atoms with Crippen LogP contribution in [0.1, 0.15) is 23.0 Å². The third-order valence-electron chi connectivity index (χ3n) is 2.49. The van der Waals surface area contributed by atoms with E-state index in [0.717, 1.165) is 17.7 Å². The zero-order chi connectivity index (χ0) is 12.4. The van der Waals surface area contributed by atoms with Crippen molar-refractivity contribution in [1.82, 2.24) is 0 Å². The molecule has 0 saturated heterocycles. The summed E-state index contributed by atoms with van der Waals surface area (Å²) in [6, 6.07) is 8.52. The van der Waals surface area contributed by atoms with Gasteiger partial charge in [-0.05, 0) is 24.3 Å². The average molecular weight is 251 g/mol. The molecule has 2 aromatic rings. The van der Waals surface area contributed by atoms with E-state index in [1.54, 1.807) is 12.1 Å². The molecule has 2 rings (SSSR count). The molecule has 1 heterocycles. The van der Waals surface area contributed by atoms with Crippen LogP contribution in [0, 0.1) is 0 Å². The number of aromatic carboxylic acids is 1. The Morgan fingerprint density at radius 1 is 1.35 bits per heavy atom. The fraction of sp³-hybridized carbons (Fsp3) is 0.154. The molecule has 0 bridgehead atoms. The van der Waals surface area contributed by atoms with Crippen molar-refractivity contribution < 1.29 is 14.3 Å².